The molecular weight excluding hydrogens is 308 g/mol. The van der Waals surface area contributed by atoms with Gasteiger partial charge in [-0.2, -0.15) is 0 Å². The standard InChI is InChI=1S/C13H24N4O6/c1-11(2)12(16(20)21)7-14(3-5-18)8-13(11,17(22)23)10-15(9-12)4-6-19/h18-19H,3-10H2,1-2H3/p+2. The predicted molar refractivity (Wildman–Crippen MR) is 78.5 cm³/mol. The van der Waals surface area contributed by atoms with Crippen LogP contribution in [0.5, 0.6) is 0 Å². The Morgan fingerprint density at radius 1 is 0.870 bits per heavy atom. The van der Waals surface area contributed by atoms with Crippen LogP contribution in [0, 0.1) is 25.6 Å². The summed E-state index contributed by atoms with van der Waals surface area (Å²) in [6, 6.07) is 0. The number of likely N-dealkylation sites (tertiary alicyclic amines) is 2. The first-order chi connectivity index (χ1) is 10.7. The zero-order valence-corrected chi connectivity index (χ0v) is 13.6. The molecule has 10 heteroatoms. The molecule has 0 amide bonds. The van der Waals surface area contributed by atoms with Crippen molar-refractivity contribution in [3.8, 4) is 0 Å². The third-order valence-corrected chi connectivity index (χ3v) is 6.13. The summed E-state index contributed by atoms with van der Waals surface area (Å²) in [5, 5.41) is 42.4. The molecule has 0 spiro atoms. The second-order valence-electron chi connectivity index (χ2n) is 7.36. The van der Waals surface area contributed by atoms with E-state index in [1.807, 2.05) is 0 Å². The first-order valence-corrected chi connectivity index (χ1v) is 7.85. The van der Waals surface area contributed by atoms with Crippen LogP contribution in [0.3, 0.4) is 0 Å². The number of aliphatic hydroxyl groups is 2. The predicted octanol–water partition coefficient (Wildman–Crippen LogP) is -4.17. The molecule has 2 fully saturated rings. The number of rotatable bonds is 6. The van der Waals surface area contributed by atoms with E-state index in [-0.39, 0.29) is 62.3 Å². The molecule has 0 saturated carbocycles. The van der Waals surface area contributed by atoms with E-state index in [4.69, 9.17) is 0 Å². The van der Waals surface area contributed by atoms with Gasteiger partial charge in [-0.05, 0) is 13.8 Å². The molecule has 0 aromatic carbocycles. The fourth-order valence-electron chi connectivity index (χ4n) is 4.61. The molecule has 2 bridgehead atoms. The molecule has 0 unspecified atom stereocenters. The summed E-state index contributed by atoms with van der Waals surface area (Å²) in [5.41, 5.74) is -4.03. The maximum atomic E-state index is 12.0. The van der Waals surface area contributed by atoms with Crippen molar-refractivity contribution in [1.82, 2.24) is 0 Å². The Hall–Kier alpha value is -1.36. The highest BCUT2D eigenvalue weighted by molar-refractivity contribution is 5.10. The molecule has 10 nitrogen and oxygen atoms in total. The smallest absolute Gasteiger partial charge is 0.329 e. The number of piperidine rings is 2. The van der Waals surface area contributed by atoms with Gasteiger partial charge < -0.3 is 20.0 Å². The Kier molecular flexibility index (Phi) is 4.64. The summed E-state index contributed by atoms with van der Waals surface area (Å²) >= 11 is 0. The summed E-state index contributed by atoms with van der Waals surface area (Å²) in [7, 11) is 0. The highest BCUT2D eigenvalue weighted by Gasteiger charge is 2.82. The zero-order chi connectivity index (χ0) is 17.5. The first-order valence-electron chi connectivity index (χ1n) is 7.85. The molecule has 0 aromatic rings. The minimum atomic E-state index is -1.45. The molecule has 2 aliphatic rings. The van der Waals surface area contributed by atoms with Crippen molar-refractivity contribution in [2.45, 2.75) is 24.9 Å². The van der Waals surface area contributed by atoms with Crippen molar-refractivity contribution in [3.05, 3.63) is 20.2 Å². The number of quaternary nitrogens is 2. The lowest BCUT2D eigenvalue weighted by atomic mass is 9.55. The normalized spacial score (nSPS) is 39.0. The Balaban J connectivity index is 2.57. The molecule has 0 radical (unpaired) electrons. The molecule has 2 heterocycles. The second-order valence-corrected chi connectivity index (χ2v) is 7.36. The van der Waals surface area contributed by atoms with Gasteiger partial charge in [0.05, 0.1) is 13.2 Å². The lowest BCUT2D eigenvalue weighted by molar-refractivity contribution is -1.01. The SMILES string of the molecule is CC1(C)C2([N+](=O)[O-])C[NH+](CCO)CC1([N+](=O)[O-])C[NH+](CCO)C2. The van der Waals surface area contributed by atoms with Crippen LogP contribution in [0.2, 0.25) is 0 Å². The summed E-state index contributed by atoms with van der Waals surface area (Å²) < 4.78 is 0. The van der Waals surface area contributed by atoms with E-state index in [9.17, 15) is 30.4 Å². The third-order valence-electron chi connectivity index (χ3n) is 6.13. The summed E-state index contributed by atoms with van der Waals surface area (Å²) in [4.78, 5) is 24.7. The molecule has 132 valence electrons. The van der Waals surface area contributed by atoms with Crippen LogP contribution in [0.4, 0.5) is 0 Å². The zero-order valence-electron chi connectivity index (χ0n) is 13.6. The van der Waals surface area contributed by atoms with Gasteiger partial charge in [0, 0.05) is 9.85 Å². The van der Waals surface area contributed by atoms with Crippen molar-refractivity contribution in [2.75, 3.05) is 52.5 Å². The Morgan fingerprint density at radius 3 is 1.39 bits per heavy atom. The van der Waals surface area contributed by atoms with Crippen LogP contribution in [0.25, 0.3) is 0 Å². The molecule has 2 saturated heterocycles. The lowest BCUT2D eigenvalue weighted by Crippen LogP contribution is -3.29. The number of fused-ring (bicyclic) bond motifs is 2. The van der Waals surface area contributed by atoms with Crippen LogP contribution in [-0.4, -0.2) is 83.6 Å². The van der Waals surface area contributed by atoms with Crippen molar-refractivity contribution in [3.63, 3.8) is 0 Å². The van der Waals surface area contributed by atoms with Crippen molar-refractivity contribution in [2.24, 2.45) is 5.41 Å². The van der Waals surface area contributed by atoms with E-state index in [2.05, 4.69) is 0 Å². The Labute approximate surface area is 134 Å². The highest BCUT2D eigenvalue weighted by atomic mass is 16.6. The van der Waals surface area contributed by atoms with Gasteiger partial charge in [-0.1, -0.05) is 0 Å². The number of hydrogen-bond donors (Lipinski definition) is 4. The monoisotopic (exact) mass is 334 g/mol. The van der Waals surface area contributed by atoms with Gasteiger partial charge in [-0.15, -0.1) is 0 Å². The van der Waals surface area contributed by atoms with E-state index in [1.165, 1.54) is 0 Å². The van der Waals surface area contributed by atoms with E-state index in [1.54, 1.807) is 13.8 Å². The molecule has 2 rings (SSSR count). The van der Waals surface area contributed by atoms with Gasteiger partial charge in [0.2, 0.25) is 0 Å². The quantitative estimate of drug-likeness (QED) is 0.287. The lowest BCUT2D eigenvalue weighted by Gasteiger charge is -2.54. The third kappa shape index (κ3) is 2.40. The van der Waals surface area contributed by atoms with Crippen LogP contribution < -0.4 is 9.80 Å². The van der Waals surface area contributed by atoms with Gasteiger partial charge >= 0.3 is 11.1 Å². The molecule has 23 heavy (non-hydrogen) atoms. The molecule has 0 aliphatic carbocycles. The van der Waals surface area contributed by atoms with Crippen LogP contribution >= 0.6 is 0 Å². The average Bonchev–Trinajstić information content (AvgIpc) is 2.41. The van der Waals surface area contributed by atoms with Crippen molar-refractivity contribution >= 4 is 0 Å². The van der Waals surface area contributed by atoms with Crippen LogP contribution in [0.1, 0.15) is 13.8 Å². The molecular formula is C13H26N4O6+2. The second kappa shape index (κ2) is 5.93. The molecule has 0 aromatic heterocycles. The summed E-state index contributed by atoms with van der Waals surface area (Å²) in [6.45, 7) is 4.06. The topological polar surface area (TPSA) is 136 Å². The van der Waals surface area contributed by atoms with E-state index in [0.717, 1.165) is 0 Å². The first kappa shape index (κ1) is 18.0. The maximum absolute atomic E-state index is 12.0. The highest BCUT2D eigenvalue weighted by Crippen LogP contribution is 2.46. The van der Waals surface area contributed by atoms with Crippen molar-refractivity contribution < 1.29 is 29.9 Å². The van der Waals surface area contributed by atoms with Gasteiger partial charge in [0.15, 0.2) is 26.2 Å². The Morgan fingerprint density at radius 2 is 1.17 bits per heavy atom. The maximum Gasteiger partial charge on any atom is 0.329 e. The van der Waals surface area contributed by atoms with Crippen LogP contribution in [0.15, 0.2) is 0 Å². The van der Waals surface area contributed by atoms with E-state index < -0.39 is 16.5 Å². The number of nitro groups is 2. The van der Waals surface area contributed by atoms with E-state index >= 15 is 0 Å². The van der Waals surface area contributed by atoms with Gasteiger partial charge in [0.25, 0.3) is 0 Å². The van der Waals surface area contributed by atoms with Gasteiger partial charge in [-0.3, -0.25) is 20.2 Å². The van der Waals surface area contributed by atoms with Crippen molar-refractivity contribution in [1.29, 1.82) is 0 Å². The number of aliphatic hydroxyl groups excluding tert-OH is 2. The molecule has 2 aliphatic heterocycles. The average molecular weight is 334 g/mol. The number of nitrogens with one attached hydrogen (secondary N) is 2. The number of nitrogens with zero attached hydrogens (tertiary/aromatic N) is 2. The summed E-state index contributed by atoms with van der Waals surface area (Å²) in [5.74, 6) is 0. The van der Waals surface area contributed by atoms with Gasteiger partial charge in [-0.25, -0.2) is 0 Å². The fourth-order valence-corrected chi connectivity index (χ4v) is 4.61. The fraction of sp³-hybridized carbons (Fsp3) is 1.00. The van der Waals surface area contributed by atoms with Crippen LogP contribution in [-0.2, 0) is 0 Å². The minimum Gasteiger partial charge on any atom is -0.391 e. The summed E-state index contributed by atoms with van der Waals surface area (Å²) in [6.07, 6.45) is 0. The molecule has 0 atom stereocenters. The Bertz CT molecular complexity index is 443. The minimum absolute atomic E-state index is 0.151. The van der Waals surface area contributed by atoms with Gasteiger partial charge in [0.1, 0.15) is 18.5 Å². The largest absolute Gasteiger partial charge is 0.391 e. The number of hydrogen-bond acceptors (Lipinski definition) is 6. The molecule has 4 N–H and O–H groups in total. The van der Waals surface area contributed by atoms with E-state index in [0.29, 0.717) is 9.80 Å².